The van der Waals surface area contributed by atoms with Crippen LogP contribution in [0, 0.1) is 0 Å². The molecule has 1 heterocycles. The van der Waals surface area contributed by atoms with Gasteiger partial charge in [-0.3, -0.25) is 9.78 Å². The topological polar surface area (TPSA) is 76.5 Å². The lowest BCUT2D eigenvalue weighted by molar-refractivity contribution is -0.149. The summed E-state index contributed by atoms with van der Waals surface area (Å²) in [6.45, 7) is 0. The first-order valence-electron chi connectivity index (χ1n) is 4.08. The number of rotatable bonds is 3. The van der Waals surface area contributed by atoms with E-state index in [9.17, 15) is 14.7 Å². The maximum Gasteiger partial charge on any atom is 0.378 e. The minimum absolute atomic E-state index is 0.298. The number of ketones is 1. The summed E-state index contributed by atoms with van der Waals surface area (Å²) in [5.74, 6) is -2.23. The monoisotopic (exact) mass is 207 g/mol. The molecule has 0 aromatic carbocycles. The Bertz CT molecular complexity index is 397. The van der Waals surface area contributed by atoms with Crippen molar-refractivity contribution < 1.29 is 19.4 Å². The molecular weight excluding hydrogens is 198 g/mol. The predicted octanol–water partition coefficient (Wildman–Crippen LogP) is 0.723. The molecule has 0 atom stereocenters. The van der Waals surface area contributed by atoms with Crippen molar-refractivity contribution in [1.29, 1.82) is 0 Å². The van der Waals surface area contributed by atoms with Crippen LogP contribution < -0.4 is 0 Å². The first-order chi connectivity index (χ1) is 7.15. The lowest BCUT2D eigenvalue weighted by Gasteiger charge is -1.98. The summed E-state index contributed by atoms with van der Waals surface area (Å²) < 4.78 is 4.19. The van der Waals surface area contributed by atoms with Crippen molar-refractivity contribution in [3.05, 3.63) is 36.2 Å². The number of pyridine rings is 1. The molecule has 1 rings (SSSR count). The van der Waals surface area contributed by atoms with E-state index in [-0.39, 0.29) is 5.76 Å². The zero-order valence-corrected chi connectivity index (χ0v) is 8.01. The van der Waals surface area contributed by atoms with Gasteiger partial charge in [0.1, 0.15) is 5.76 Å². The van der Waals surface area contributed by atoms with Crippen LogP contribution in [0.2, 0.25) is 0 Å². The first-order valence-corrected chi connectivity index (χ1v) is 4.08. The van der Waals surface area contributed by atoms with Gasteiger partial charge >= 0.3 is 5.97 Å². The van der Waals surface area contributed by atoms with Gasteiger partial charge in [-0.1, -0.05) is 0 Å². The molecule has 0 fully saturated rings. The van der Waals surface area contributed by atoms with Crippen LogP contribution in [-0.4, -0.2) is 29.0 Å². The molecule has 0 aliphatic carbocycles. The molecule has 0 aliphatic rings. The Morgan fingerprint density at radius 3 is 2.53 bits per heavy atom. The number of esters is 1. The minimum atomic E-state index is -1.02. The summed E-state index contributed by atoms with van der Waals surface area (Å²) in [7, 11) is 1.09. The summed E-state index contributed by atoms with van der Waals surface area (Å²) >= 11 is 0. The van der Waals surface area contributed by atoms with E-state index in [4.69, 9.17) is 0 Å². The van der Waals surface area contributed by atoms with E-state index in [0.717, 1.165) is 13.2 Å². The van der Waals surface area contributed by atoms with E-state index in [0.29, 0.717) is 5.56 Å². The summed E-state index contributed by atoms with van der Waals surface area (Å²) in [4.78, 5) is 25.5. The van der Waals surface area contributed by atoms with Crippen molar-refractivity contribution in [2.24, 2.45) is 0 Å². The molecule has 1 aromatic heterocycles. The quantitative estimate of drug-likeness (QED) is 0.342. The molecule has 5 nitrogen and oxygen atoms in total. The SMILES string of the molecule is COC(=O)C(=O)C=C(O)c1ccncc1. The Morgan fingerprint density at radius 2 is 2.00 bits per heavy atom. The van der Waals surface area contributed by atoms with Crippen LogP contribution in [0.3, 0.4) is 0 Å². The van der Waals surface area contributed by atoms with Crippen LogP contribution in [0.4, 0.5) is 0 Å². The number of methoxy groups -OCH3 is 1. The highest BCUT2D eigenvalue weighted by Gasteiger charge is 2.12. The van der Waals surface area contributed by atoms with Crippen molar-refractivity contribution in [3.63, 3.8) is 0 Å². The van der Waals surface area contributed by atoms with Crippen LogP contribution >= 0.6 is 0 Å². The predicted molar refractivity (Wildman–Crippen MR) is 51.9 cm³/mol. The molecule has 0 spiro atoms. The smallest absolute Gasteiger partial charge is 0.378 e. The second-order valence-corrected chi connectivity index (χ2v) is 2.62. The van der Waals surface area contributed by atoms with Crippen LogP contribution in [0.15, 0.2) is 30.6 Å². The van der Waals surface area contributed by atoms with Crippen molar-refractivity contribution in [1.82, 2.24) is 4.98 Å². The molecule has 0 saturated heterocycles. The summed E-state index contributed by atoms with van der Waals surface area (Å²) in [5.41, 5.74) is 0.405. The highest BCUT2D eigenvalue weighted by atomic mass is 16.5. The van der Waals surface area contributed by atoms with E-state index in [1.165, 1.54) is 24.5 Å². The molecule has 5 heteroatoms. The number of carbonyl (C=O) groups excluding carboxylic acids is 2. The molecular formula is C10H9NO4. The van der Waals surface area contributed by atoms with Crippen molar-refractivity contribution in [2.75, 3.05) is 7.11 Å². The van der Waals surface area contributed by atoms with Gasteiger partial charge in [-0.05, 0) is 12.1 Å². The fourth-order valence-electron chi connectivity index (χ4n) is 0.890. The van der Waals surface area contributed by atoms with E-state index in [2.05, 4.69) is 9.72 Å². The van der Waals surface area contributed by atoms with Gasteiger partial charge in [0.25, 0.3) is 5.78 Å². The van der Waals surface area contributed by atoms with Crippen molar-refractivity contribution >= 4 is 17.5 Å². The Kier molecular flexibility index (Phi) is 3.56. The van der Waals surface area contributed by atoms with Gasteiger partial charge in [0.15, 0.2) is 0 Å². The number of nitrogens with zero attached hydrogens (tertiary/aromatic N) is 1. The van der Waals surface area contributed by atoms with Crippen LogP contribution in [0.5, 0.6) is 0 Å². The van der Waals surface area contributed by atoms with Gasteiger partial charge in [0.05, 0.1) is 7.11 Å². The van der Waals surface area contributed by atoms with Crippen LogP contribution in [0.1, 0.15) is 5.56 Å². The number of carbonyl (C=O) groups is 2. The molecule has 0 aliphatic heterocycles. The molecule has 78 valence electrons. The second kappa shape index (κ2) is 4.90. The second-order valence-electron chi connectivity index (χ2n) is 2.62. The van der Waals surface area contributed by atoms with Gasteiger partial charge in [-0.2, -0.15) is 0 Å². The number of ether oxygens (including phenoxy) is 1. The Balaban J connectivity index is 2.86. The molecule has 0 unspecified atom stereocenters. The fourth-order valence-corrected chi connectivity index (χ4v) is 0.890. The lowest BCUT2D eigenvalue weighted by Crippen LogP contribution is -2.13. The Morgan fingerprint density at radius 1 is 1.40 bits per heavy atom. The highest BCUT2D eigenvalue weighted by molar-refractivity contribution is 6.39. The van der Waals surface area contributed by atoms with Crippen molar-refractivity contribution in [2.45, 2.75) is 0 Å². The van der Waals surface area contributed by atoms with Crippen LogP contribution in [-0.2, 0) is 14.3 Å². The Labute approximate surface area is 86.0 Å². The summed E-state index contributed by atoms with van der Waals surface area (Å²) in [6, 6.07) is 3.02. The standard InChI is InChI=1S/C10H9NO4/c1-15-10(14)9(13)6-8(12)7-2-4-11-5-3-7/h2-6,12H,1H3. The van der Waals surface area contributed by atoms with Gasteiger partial charge < -0.3 is 9.84 Å². The summed E-state index contributed by atoms with van der Waals surface area (Å²) in [6.07, 6.45) is 3.73. The molecule has 0 radical (unpaired) electrons. The zero-order chi connectivity index (χ0) is 11.3. The van der Waals surface area contributed by atoms with Crippen LogP contribution in [0.25, 0.3) is 5.76 Å². The highest BCUT2D eigenvalue weighted by Crippen LogP contribution is 2.08. The van der Waals surface area contributed by atoms with Gasteiger partial charge in [0, 0.05) is 24.0 Å². The number of aliphatic hydroxyl groups is 1. The van der Waals surface area contributed by atoms with Gasteiger partial charge in [0.2, 0.25) is 0 Å². The minimum Gasteiger partial charge on any atom is -0.507 e. The lowest BCUT2D eigenvalue weighted by atomic mass is 10.2. The van der Waals surface area contributed by atoms with E-state index in [1.807, 2.05) is 0 Å². The third-order valence-electron chi connectivity index (χ3n) is 1.63. The fraction of sp³-hybridized carbons (Fsp3) is 0.100. The van der Waals surface area contributed by atoms with E-state index >= 15 is 0 Å². The third-order valence-corrected chi connectivity index (χ3v) is 1.63. The average molecular weight is 207 g/mol. The molecule has 1 aromatic rings. The van der Waals surface area contributed by atoms with E-state index < -0.39 is 11.8 Å². The van der Waals surface area contributed by atoms with E-state index in [1.54, 1.807) is 0 Å². The third kappa shape index (κ3) is 2.91. The largest absolute Gasteiger partial charge is 0.507 e. The maximum atomic E-state index is 11.0. The number of aromatic nitrogens is 1. The molecule has 0 amide bonds. The molecule has 1 N–H and O–H groups in total. The summed E-state index contributed by atoms with van der Waals surface area (Å²) in [5, 5.41) is 9.44. The number of hydrogen-bond donors (Lipinski definition) is 1. The first kappa shape index (κ1) is 10.9. The molecule has 0 saturated carbocycles. The van der Waals surface area contributed by atoms with Gasteiger partial charge in [-0.25, -0.2) is 4.79 Å². The van der Waals surface area contributed by atoms with Gasteiger partial charge in [-0.15, -0.1) is 0 Å². The zero-order valence-electron chi connectivity index (χ0n) is 8.01. The maximum absolute atomic E-state index is 11.0. The number of hydrogen-bond acceptors (Lipinski definition) is 5. The molecule has 0 bridgehead atoms. The normalized spacial score (nSPS) is 10.9. The number of aliphatic hydroxyl groups excluding tert-OH is 1. The molecule has 15 heavy (non-hydrogen) atoms. The Hall–Kier alpha value is -2.17. The average Bonchev–Trinajstić information content (AvgIpc) is 2.29. The van der Waals surface area contributed by atoms with Crippen molar-refractivity contribution in [3.8, 4) is 0 Å².